The fraction of sp³-hybridized carbons (Fsp3) is 0.208. The number of nitrogens with two attached hydrogens (primary N) is 1. The molecule has 0 saturated heterocycles. The molecule has 4 aromatic rings. The second-order valence-corrected chi connectivity index (χ2v) is 7.40. The minimum Gasteiger partial charge on any atom is -0.464 e. The highest BCUT2D eigenvalue weighted by Crippen LogP contribution is 2.30. The highest BCUT2D eigenvalue weighted by molar-refractivity contribution is 5.97. The Morgan fingerprint density at radius 2 is 1.82 bits per heavy atom. The Kier molecular flexibility index (Phi) is 6.17. The van der Waals surface area contributed by atoms with Crippen molar-refractivity contribution in [2.45, 2.75) is 19.8 Å². The molecule has 0 unspecified atom stereocenters. The Morgan fingerprint density at radius 1 is 1.12 bits per heavy atom. The van der Waals surface area contributed by atoms with E-state index < -0.39 is 11.9 Å². The van der Waals surface area contributed by atoms with Gasteiger partial charge in [-0.05, 0) is 42.8 Å². The minimum absolute atomic E-state index is 0.201. The molecule has 2 aromatic carbocycles. The maximum absolute atomic E-state index is 12.4. The van der Waals surface area contributed by atoms with Crippen LogP contribution in [0.4, 0.5) is 5.82 Å². The van der Waals surface area contributed by atoms with Crippen LogP contribution in [0.15, 0.2) is 48.5 Å². The summed E-state index contributed by atoms with van der Waals surface area (Å²) in [7, 11) is 0. The second-order valence-electron chi connectivity index (χ2n) is 7.40. The molecule has 0 aliphatic rings. The highest BCUT2D eigenvalue weighted by Gasteiger charge is 2.20. The van der Waals surface area contributed by atoms with Gasteiger partial charge in [0.1, 0.15) is 29.5 Å². The third-order valence-electron chi connectivity index (χ3n) is 5.15. The van der Waals surface area contributed by atoms with Gasteiger partial charge < -0.3 is 15.8 Å². The van der Waals surface area contributed by atoms with Crippen LogP contribution in [0.2, 0.25) is 0 Å². The number of aromatic nitrogens is 3. The highest BCUT2D eigenvalue weighted by atomic mass is 16.5. The molecule has 0 radical (unpaired) electrons. The molecule has 9 heteroatoms. The largest absolute Gasteiger partial charge is 0.464 e. The Morgan fingerprint density at radius 3 is 2.48 bits per heavy atom. The number of anilines is 1. The first-order valence-electron chi connectivity index (χ1n) is 10.5. The molecular formula is C24H22N6O3. The van der Waals surface area contributed by atoms with Gasteiger partial charge in [-0.3, -0.25) is 14.2 Å². The van der Waals surface area contributed by atoms with Crippen molar-refractivity contribution >= 4 is 39.9 Å². The van der Waals surface area contributed by atoms with E-state index in [9.17, 15) is 14.9 Å². The van der Waals surface area contributed by atoms with Crippen molar-refractivity contribution < 1.29 is 14.3 Å². The standard InChI is InChI=1S/C24H22N6O3/c1-2-3-12-33-20(31)14-27-24(32)15-8-10-16(11-9-15)30-22(26)17(13-25)21-23(30)29-19-7-5-4-6-18(19)28-21/h4-11H,2-3,12,14,26H2,1H3,(H,27,32). The number of carbonyl (C=O) groups excluding carboxylic acids is 2. The Balaban J connectivity index is 1.60. The summed E-state index contributed by atoms with van der Waals surface area (Å²) in [6.45, 7) is 2.14. The molecule has 0 saturated carbocycles. The summed E-state index contributed by atoms with van der Waals surface area (Å²) >= 11 is 0. The number of hydrogen-bond acceptors (Lipinski definition) is 7. The number of fused-ring (bicyclic) bond motifs is 2. The molecule has 4 rings (SSSR count). The number of amides is 1. The van der Waals surface area contributed by atoms with Crippen molar-refractivity contribution in [3.63, 3.8) is 0 Å². The van der Waals surface area contributed by atoms with E-state index in [0.29, 0.717) is 40.1 Å². The maximum atomic E-state index is 12.4. The summed E-state index contributed by atoms with van der Waals surface area (Å²) in [6.07, 6.45) is 1.71. The molecule has 9 nitrogen and oxygen atoms in total. The van der Waals surface area contributed by atoms with Gasteiger partial charge in [0.2, 0.25) is 0 Å². The van der Waals surface area contributed by atoms with Gasteiger partial charge in [-0.2, -0.15) is 5.26 Å². The summed E-state index contributed by atoms with van der Waals surface area (Å²) in [5.74, 6) is -0.660. The number of nitrogens with one attached hydrogen (secondary N) is 1. The number of unbranched alkanes of at least 4 members (excludes halogenated alkanes) is 1. The van der Waals surface area contributed by atoms with Gasteiger partial charge in [-0.1, -0.05) is 25.5 Å². The van der Waals surface area contributed by atoms with Crippen LogP contribution in [0.1, 0.15) is 35.7 Å². The number of carbonyl (C=O) groups is 2. The number of hydrogen-bond donors (Lipinski definition) is 2. The summed E-state index contributed by atoms with van der Waals surface area (Å²) in [5.41, 5.74) is 9.72. The van der Waals surface area contributed by atoms with Gasteiger partial charge in [0.05, 0.1) is 17.6 Å². The predicted molar refractivity (Wildman–Crippen MR) is 124 cm³/mol. The summed E-state index contributed by atoms with van der Waals surface area (Å²) in [4.78, 5) is 33.3. The number of esters is 1. The Hall–Kier alpha value is -4.45. The quantitative estimate of drug-likeness (QED) is 0.331. The van der Waals surface area contributed by atoms with E-state index in [-0.39, 0.29) is 17.9 Å². The Labute approximate surface area is 189 Å². The monoisotopic (exact) mass is 442 g/mol. The summed E-state index contributed by atoms with van der Waals surface area (Å²) < 4.78 is 6.67. The van der Waals surface area contributed by atoms with E-state index in [2.05, 4.69) is 21.4 Å². The number of rotatable bonds is 7. The van der Waals surface area contributed by atoms with E-state index in [1.54, 1.807) is 28.8 Å². The average Bonchev–Trinajstić information content (AvgIpc) is 3.11. The SMILES string of the molecule is CCCCOC(=O)CNC(=O)c1ccc(-n2c(N)c(C#N)c3nc4ccccc4nc32)cc1. The molecule has 0 aliphatic carbocycles. The third kappa shape index (κ3) is 4.32. The smallest absolute Gasteiger partial charge is 0.325 e. The van der Waals surface area contributed by atoms with Crippen LogP contribution in [0.5, 0.6) is 0 Å². The molecule has 3 N–H and O–H groups in total. The van der Waals surface area contributed by atoms with Gasteiger partial charge in [-0.15, -0.1) is 0 Å². The van der Waals surface area contributed by atoms with Crippen molar-refractivity contribution in [1.29, 1.82) is 5.26 Å². The van der Waals surface area contributed by atoms with Gasteiger partial charge in [0, 0.05) is 11.3 Å². The van der Waals surface area contributed by atoms with Crippen molar-refractivity contribution in [2.75, 3.05) is 18.9 Å². The fourth-order valence-corrected chi connectivity index (χ4v) is 3.43. The molecule has 166 valence electrons. The number of benzene rings is 2. The maximum Gasteiger partial charge on any atom is 0.325 e. The lowest BCUT2D eigenvalue weighted by molar-refractivity contribution is -0.142. The number of nitrogens with zero attached hydrogens (tertiary/aromatic N) is 4. The fourth-order valence-electron chi connectivity index (χ4n) is 3.43. The van der Waals surface area contributed by atoms with Crippen LogP contribution in [0.3, 0.4) is 0 Å². The van der Waals surface area contributed by atoms with E-state index in [1.165, 1.54) is 0 Å². The minimum atomic E-state index is -0.477. The molecule has 33 heavy (non-hydrogen) atoms. The van der Waals surface area contributed by atoms with Crippen LogP contribution in [0.25, 0.3) is 27.9 Å². The molecule has 0 fully saturated rings. The van der Waals surface area contributed by atoms with Crippen LogP contribution in [0, 0.1) is 11.3 Å². The van der Waals surface area contributed by atoms with Crippen LogP contribution < -0.4 is 11.1 Å². The zero-order valence-corrected chi connectivity index (χ0v) is 18.0. The van der Waals surface area contributed by atoms with E-state index >= 15 is 0 Å². The molecule has 0 spiro atoms. The van der Waals surface area contributed by atoms with Crippen LogP contribution >= 0.6 is 0 Å². The van der Waals surface area contributed by atoms with Crippen LogP contribution in [-0.2, 0) is 9.53 Å². The molecule has 0 bridgehead atoms. The van der Waals surface area contributed by atoms with Crippen molar-refractivity contribution in [1.82, 2.24) is 19.9 Å². The normalized spacial score (nSPS) is 10.8. The third-order valence-corrected chi connectivity index (χ3v) is 5.15. The first-order valence-corrected chi connectivity index (χ1v) is 10.5. The van der Waals surface area contributed by atoms with E-state index in [4.69, 9.17) is 10.5 Å². The van der Waals surface area contributed by atoms with Gasteiger partial charge in [-0.25, -0.2) is 9.97 Å². The van der Waals surface area contributed by atoms with Crippen molar-refractivity contribution in [3.05, 3.63) is 59.7 Å². The zero-order valence-electron chi connectivity index (χ0n) is 18.0. The lowest BCUT2D eigenvalue weighted by Crippen LogP contribution is -2.30. The Bertz CT molecular complexity index is 1390. The van der Waals surface area contributed by atoms with E-state index in [1.807, 2.05) is 31.2 Å². The first kappa shape index (κ1) is 21.8. The molecule has 0 aliphatic heterocycles. The average molecular weight is 442 g/mol. The van der Waals surface area contributed by atoms with Gasteiger partial charge in [0.25, 0.3) is 5.91 Å². The molecular weight excluding hydrogens is 420 g/mol. The lowest BCUT2D eigenvalue weighted by Gasteiger charge is -2.09. The molecule has 2 heterocycles. The van der Waals surface area contributed by atoms with Crippen LogP contribution in [-0.4, -0.2) is 39.6 Å². The number of ether oxygens (including phenoxy) is 1. The van der Waals surface area contributed by atoms with Gasteiger partial charge in [0.15, 0.2) is 5.65 Å². The number of nitrogen functional groups attached to an aromatic ring is 1. The molecule has 0 atom stereocenters. The summed E-state index contributed by atoms with van der Waals surface area (Å²) in [6, 6.07) is 16.1. The van der Waals surface area contributed by atoms with E-state index in [0.717, 1.165) is 12.8 Å². The van der Waals surface area contributed by atoms with Crippen molar-refractivity contribution in [3.8, 4) is 11.8 Å². The number of para-hydroxylation sites is 2. The topological polar surface area (TPSA) is 136 Å². The number of nitriles is 1. The zero-order chi connectivity index (χ0) is 23.4. The lowest BCUT2D eigenvalue weighted by atomic mass is 10.2. The second kappa shape index (κ2) is 9.36. The van der Waals surface area contributed by atoms with Gasteiger partial charge >= 0.3 is 5.97 Å². The first-order chi connectivity index (χ1) is 16.0. The molecule has 1 amide bonds. The summed E-state index contributed by atoms with van der Waals surface area (Å²) in [5, 5.41) is 12.2. The van der Waals surface area contributed by atoms with Crippen molar-refractivity contribution in [2.24, 2.45) is 0 Å². The predicted octanol–water partition coefficient (Wildman–Crippen LogP) is 3.10. The molecule has 2 aromatic heterocycles.